The molecule has 0 radical (unpaired) electrons. The molecule has 1 aromatic carbocycles. The maximum atomic E-state index is 11.2. The number of para-hydroxylation sites is 1. The molecule has 5 nitrogen and oxygen atoms in total. The van der Waals surface area contributed by atoms with Crippen molar-refractivity contribution in [2.24, 2.45) is 0 Å². The first-order chi connectivity index (χ1) is 9.28. The number of fused-ring (bicyclic) bond motifs is 1. The van der Waals surface area contributed by atoms with E-state index in [-0.39, 0.29) is 5.69 Å². The van der Waals surface area contributed by atoms with Crippen LogP contribution < -0.4 is 4.90 Å². The Morgan fingerprint density at radius 3 is 2.60 bits per heavy atom. The smallest absolute Gasteiger partial charge is 0.354 e. The molecule has 1 heterocycles. The van der Waals surface area contributed by atoms with E-state index in [0.29, 0.717) is 12.1 Å². The van der Waals surface area contributed by atoms with Gasteiger partial charge in [-0.25, -0.2) is 9.78 Å². The Morgan fingerprint density at radius 1 is 1.35 bits per heavy atom. The van der Waals surface area contributed by atoms with Gasteiger partial charge in [-0.15, -0.1) is 0 Å². The molecule has 2 N–H and O–H groups in total. The van der Waals surface area contributed by atoms with Crippen LogP contribution in [-0.4, -0.2) is 40.4 Å². The maximum absolute atomic E-state index is 11.2. The van der Waals surface area contributed by atoms with Gasteiger partial charge in [-0.05, 0) is 26.0 Å². The highest BCUT2D eigenvalue weighted by molar-refractivity contribution is 5.97. The minimum absolute atomic E-state index is 0.00120. The first kappa shape index (κ1) is 14.3. The van der Waals surface area contributed by atoms with Gasteiger partial charge in [0.05, 0.1) is 11.1 Å². The van der Waals surface area contributed by atoms with E-state index < -0.39 is 11.6 Å². The summed E-state index contributed by atoms with van der Waals surface area (Å²) in [5, 5.41) is 19.9. The number of carbonyl (C=O) groups is 1. The summed E-state index contributed by atoms with van der Waals surface area (Å²) in [7, 11) is 1.82. The minimum Gasteiger partial charge on any atom is -0.477 e. The van der Waals surface area contributed by atoms with Gasteiger partial charge >= 0.3 is 5.97 Å². The average molecular weight is 274 g/mol. The highest BCUT2D eigenvalue weighted by Gasteiger charge is 2.19. The van der Waals surface area contributed by atoms with E-state index in [9.17, 15) is 9.90 Å². The lowest BCUT2D eigenvalue weighted by Crippen LogP contribution is -2.36. The van der Waals surface area contributed by atoms with Gasteiger partial charge in [-0.2, -0.15) is 0 Å². The Balaban J connectivity index is 2.57. The topological polar surface area (TPSA) is 73.7 Å². The Hall–Kier alpha value is -2.14. The SMILES string of the molecule is CN(CC(C)(C)O)c1cc(C(=O)O)nc2ccccc12. The van der Waals surface area contributed by atoms with E-state index in [1.165, 1.54) is 6.07 Å². The van der Waals surface area contributed by atoms with Gasteiger partial charge in [-0.1, -0.05) is 18.2 Å². The van der Waals surface area contributed by atoms with Crippen molar-refractivity contribution in [1.29, 1.82) is 0 Å². The molecule has 20 heavy (non-hydrogen) atoms. The Kier molecular flexibility index (Phi) is 3.63. The fourth-order valence-corrected chi connectivity index (χ4v) is 2.25. The molecule has 0 aliphatic carbocycles. The third kappa shape index (κ3) is 3.05. The fraction of sp³-hybridized carbons (Fsp3) is 0.333. The molecule has 0 unspecified atom stereocenters. The van der Waals surface area contributed by atoms with Crippen molar-refractivity contribution in [3.8, 4) is 0 Å². The Bertz CT molecular complexity index is 647. The third-order valence-electron chi connectivity index (χ3n) is 2.95. The van der Waals surface area contributed by atoms with Crippen LogP contribution in [0.15, 0.2) is 30.3 Å². The molecule has 0 spiro atoms. The standard InChI is InChI=1S/C15H18N2O3/c1-15(2,20)9-17(3)13-8-12(14(18)19)16-11-7-5-4-6-10(11)13/h4-8,20H,9H2,1-3H3,(H,18,19). The van der Waals surface area contributed by atoms with E-state index in [1.54, 1.807) is 19.9 Å². The number of carboxylic acids is 1. The highest BCUT2D eigenvalue weighted by Crippen LogP contribution is 2.27. The molecule has 0 saturated carbocycles. The first-order valence-corrected chi connectivity index (χ1v) is 6.34. The predicted octanol–water partition coefficient (Wildman–Crippen LogP) is 2.14. The van der Waals surface area contributed by atoms with Crippen molar-refractivity contribution < 1.29 is 15.0 Å². The molecule has 106 valence electrons. The zero-order chi connectivity index (χ0) is 14.9. The van der Waals surface area contributed by atoms with Crippen LogP contribution in [0.3, 0.4) is 0 Å². The number of carboxylic acid groups (broad SMARTS) is 1. The van der Waals surface area contributed by atoms with Gasteiger partial charge in [0.15, 0.2) is 5.69 Å². The lowest BCUT2D eigenvalue weighted by Gasteiger charge is -2.28. The summed E-state index contributed by atoms with van der Waals surface area (Å²) in [5.74, 6) is -1.06. The summed E-state index contributed by atoms with van der Waals surface area (Å²) in [4.78, 5) is 17.1. The molecule has 1 aromatic heterocycles. The van der Waals surface area contributed by atoms with Gasteiger partial charge in [-0.3, -0.25) is 0 Å². The van der Waals surface area contributed by atoms with E-state index in [4.69, 9.17) is 5.11 Å². The Labute approximate surface area is 117 Å². The largest absolute Gasteiger partial charge is 0.477 e. The lowest BCUT2D eigenvalue weighted by atomic mass is 10.1. The highest BCUT2D eigenvalue weighted by atomic mass is 16.4. The van der Waals surface area contributed by atoms with Crippen LogP contribution in [0.1, 0.15) is 24.3 Å². The number of likely N-dealkylation sites (N-methyl/N-ethyl adjacent to an activating group) is 1. The second kappa shape index (κ2) is 5.09. The normalized spacial score (nSPS) is 11.6. The fourth-order valence-electron chi connectivity index (χ4n) is 2.25. The summed E-state index contributed by atoms with van der Waals surface area (Å²) < 4.78 is 0. The lowest BCUT2D eigenvalue weighted by molar-refractivity contribution is 0.0691. The molecular weight excluding hydrogens is 256 g/mol. The minimum atomic E-state index is -1.06. The molecule has 0 fully saturated rings. The van der Waals surface area contributed by atoms with Crippen molar-refractivity contribution in [2.45, 2.75) is 19.4 Å². The number of anilines is 1. The van der Waals surface area contributed by atoms with E-state index >= 15 is 0 Å². The van der Waals surface area contributed by atoms with Crippen LogP contribution >= 0.6 is 0 Å². The Morgan fingerprint density at radius 2 is 2.00 bits per heavy atom. The predicted molar refractivity (Wildman–Crippen MR) is 78.3 cm³/mol. The monoisotopic (exact) mass is 274 g/mol. The van der Waals surface area contributed by atoms with Gasteiger partial charge < -0.3 is 15.1 Å². The first-order valence-electron chi connectivity index (χ1n) is 6.34. The van der Waals surface area contributed by atoms with Crippen molar-refractivity contribution in [3.05, 3.63) is 36.0 Å². The van der Waals surface area contributed by atoms with Crippen LogP contribution in [0.5, 0.6) is 0 Å². The number of pyridine rings is 1. The molecule has 0 amide bonds. The molecule has 0 atom stereocenters. The number of nitrogens with zero attached hydrogens (tertiary/aromatic N) is 2. The van der Waals surface area contributed by atoms with E-state index in [1.807, 2.05) is 30.1 Å². The van der Waals surface area contributed by atoms with Crippen LogP contribution in [0.25, 0.3) is 10.9 Å². The molecule has 5 heteroatoms. The van der Waals surface area contributed by atoms with Crippen LogP contribution in [0.4, 0.5) is 5.69 Å². The van der Waals surface area contributed by atoms with Gasteiger partial charge in [0.25, 0.3) is 0 Å². The van der Waals surface area contributed by atoms with Crippen LogP contribution in [0.2, 0.25) is 0 Å². The van der Waals surface area contributed by atoms with Gasteiger partial charge in [0.1, 0.15) is 0 Å². The average Bonchev–Trinajstić information content (AvgIpc) is 2.35. The third-order valence-corrected chi connectivity index (χ3v) is 2.95. The van der Waals surface area contributed by atoms with E-state index in [0.717, 1.165) is 11.1 Å². The van der Waals surface area contributed by atoms with Crippen LogP contribution in [-0.2, 0) is 0 Å². The molecule has 0 saturated heterocycles. The zero-order valence-corrected chi connectivity index (χ0v) is 11.8. The second-order valence-corrected chi connectivity index (χ2v) is 5.52. The van der Waals surface area contributed by atoms with Gasteiger partial charge in [0, 0.05) is 24.7 Å². The number of aromatic nitrogens is 1. The number of rotatable bonds is 4. The number of benzene rings is 1. The van der Waals surface area contributed by atoms with Gasteiger partial charge in [0.2, 0.25) is 0 Å². The van der Waals surface area contributed by atoms with Crippen LogP contribution in [0, 0.1) is 0 Å². The summed E-state index contributed by atoms with van der Waals surface area (Å²) in [6.45, 7) is 3.82. The molecule has 0 aliphatic heterocycles. The second-order valence-electron chi connectivity index (χ2n) is 5.52. The number of hydrogen-bond acceptors (Lipinski definition) is 4. The number of aromatic carboxylic acids is 1. The number of hydrogen-bond donors (Lipinski definition) is 2. The summed E-state index contributed by atoms with van der Waals surface area (Å²) in [6.07, 6.45) is 0. The molecule has 0 bridgehead atoms. The summed E-state index contributed by atoms with van der Waals surface area (Å²) >= 11 is 0. The maximum Gasteiger partial charge on any atom is 0.354 e. The number of aliphatic hydroxyl groups is 1. The summed E-state index contributed by atoms with van der Waals surface area (Å²) in [5.41, 5.74) is 0.504. The van der Waals surface area contributed by atoms with Crippen molar-refractivity contribution in [3.63, 3.8) is 0 Å². The molecule has 2 rings (SSSR count). The molecule has 2 aromatic rings. The quantitative estimate of drug-likeness (QED) is 0.893. The van der Waals surface area contributed by atoms with Crippen molar-refractivity contribution in [1.82, 2.24) is 4.98 Å². The van der Waals surface area contributed by atoms with Crippen molar-refractivity contribution >= 4 is 22.6 Å². The van der Waals surface area contributed by atoms with Crippen molar-refractivity contribution in [2.75, 3.05) is 18.5 Å². The molecular formula is C15H18N2O3. The summed E-state index contributed by atoms with van der Waals surface area (Å²) in [6, 6.07) is 8.91. The van der Waals surface area contributed by atoms with E-state index in [2.05, 4.69) is 4.98 Å². The zero-order valence-electron chi connectivity index (χ0n) is 11.8. The molecule has 0 aliphatic rings.